The third-order valence-corrected chi connectivity index (χ3v) is 5.18. The molecule has 27 heavy (non-hydrogen) atoms. The number of carbonyl (C=O) groups excluding carboxylic acids is 1. The molecule has 0 atom stereocenters. The van der Waals surface area contributed by atoms with Gasteiger partial charge in [-0.1, -0.05) is 17.4 Å². The topological polar surface area (TPSA) is 45.7 Å². The lowest BCUT2D eigenvalue weighted by Gasteiger charge is -2.21. The Bertz CT molecular complexity index is 942. The molecule has 2 aromatic carbocycles. The first-order valence-electron chi connectivity index (χ1n) is 8.64. The minimum Gasteiger partial charge on any atom is -0.497 e. The minimum absolute atomic E-state index is 0.251. The van der Waals surface area contributed by atoms with Crippen LogP contribution in [0.1, 0.15) is 16.8 Å². The van der Waals surface area contributed by atoms with E-state index < -0.39 is 5.82 Å². The Morgan fingerprint density at radius 3 is 2.70 bits per heavy atom. The van der Waals surface area contributed by atoms with Gasteiger partial charge >= 0.3 is 0 Å². The third-order valence-electron chi connectivity index (χ3n) is 4.12. The van der Waals surface area contributed by atoms with Crippen LogP contribution >= 0.6 is 11.3 Å². The molecule has 0 aliphatic heterocycles. The summed E-state index contributed by atoms with van der Waals surface area (Å²) in [5, 5.41) is 0.603. The van der Waals surface area contributed by atoms with Crippen LogP contribution in [0.5, 0.6) is 5.75 Å². The highest BCUT2D eigenvalue weighted by Gasteiger charge is 2.21. The van der Waals surface area contributed by atoms with E-state index in [9.17, 15) is 9.18 Å². The van der Waals surface area contributed by atoms with Gasteiger partial charge in [0.05, 0.1) is 17.3 Å². The molecule has 142 valence electrons. The van der Waals surface area contributed by atoms with E-state index in [1.807, 2.05) is 32.3 Å². The molecule has 0 aliphatic rings. The number of amides is 1. The number of fused-ring (bicyclic) bond motifs is 1. The van der Waals surface area contributed by atoms with Gasteiger partial charge in [-0.05, 0) is 57.4 Å². The molecule has 3 aromatic rings. The van der Waals surface area contributed by atoms with Gasteiger partial charge in [0.2, 0.25) is 0 Å². The first-order valence-corrected chi connectivity index (χ1v) is 9.46. The fourth-order valence-electron chi connectivity index (χ4n) is 2.74. The van der Waals surface area contributed by atoms with Crippen LogP contribution in [-0.2, 0) is 0 Å². The molecule has 1 amide bonds. The van der Waals surface area contributed by atoms with E-state index in [4.69, 9.17) is 4.74 Å². The molecular formula is C20H22FN3O2S. The van der Waals surface area contributed by atoms with Gasteiger partial charge in [-0.2, -0.15) is 0 Å². The number of benzene rings is 2. The second-order valence-corrected chi connectivity index (χ2v) is 7.46. The molecule has 5 nitrogen and oxygen atoms in total. The molecule has 0 N–H and O–H groups in total. The Kier molecular flexibility index (Phi) is 6.03. The first-order chi connectivity index (χ1) is 13.0. The van der Waals surface area contributed by atoms with Gasteiger partial charge in [0.25, 0.3) is 5.91 Å². The number of methoxy groups -OCH3 is 1. The average Bonchev–Trinajstić information content (AvgIpc) is 3.07. The molecule has 0 unspecified atom stereocenters. The zero-order valence-electron chi connectivity index (χ0n) is 15.6. The number of hydrogen-bond acceptors (Lipinski definition) is 5. The maximum atomic E-state index is 13.6. The zero-order valence-corrected chi connectivity index (χ0v) is 16.4. The smallest absolute Gasteiger partial charge is 0.260 e. The second kappa shape index (κ2) is 8.45. The monoisotopic (exact) mass is 387 g/mol. The highest BCUT2D eigenvalue weighted by atomic mass is 32.1. The van der Waals surface area contributed by atoms with Crippen LogP contribution in [0.4, 0.5) is 9.52 Å². The summed E-state index contributed by atoms with van der Waals surface area (Å²) in [5.74, 6) is 0.0392. The summed E-state index contributed by atoms with van der Waals surface area (Å²) in [5.41, 5.74) is 1.09. The predicted octanol–water partition coefficient (Wildman–Crippen LogP) is 4.04. The molecule has 0 radical (unpaired) electrons. The standard InChI is InChI=1S/C20H22FN3O2S/c1-23(2)10-5-11-24(19(25)14-6-4-7-15(21)12-14)20-22-17-13-16(26-3)8-9-18(17)27-20/h4,6-9,12-13H,5,10-11H2,1-3H3. The van der Waals surface area contributed by atoms with Crippen molar-refractivity contribution >= 4 is 32.6 Å². The van der Waals surface area contributed by atoms with E-state index >= 15 is 0 Å². The summed E-state index contributed by atoms with van der Waals surface area (Å²) in [6, 6.07) is 11.4. The van der Waals surface area contributed by atoms with Crippen LogP contribution in [0.2, 0.25) is 0 Å². The van der Waals surface area contributed by atoms with Crippen molar-refractivity contribution < 1.29 is 13.9 Å². The van der Waals surface area contributed by atoms with E-state index in [-0.39, 0.29) is 5.91 Å². The van der Waals surface area contributed by atoms with Crippen molar-refractivity contribution in [3.63, 3.8) is 0 Å². The van der Waals surface area contributed by atoms with Crippen molar-refractivity contribution in [3.05, 3.63) is 53.8 Å². The van der Waals surface area contributed by atoms with E-state index in [2.05, 4.69) is 9.88 Å². The SMILES string of the molecule is COc1ccc2sc(N(CCCN(C)C)C(=O)c3cccc(F)c3)nc2c1. The van der Waals surface area contributed by atoms with Gasteiger partial charge in [-0.15, -0.1) is 0 Å². The van der Waals surface area contributed by atoms with Gasteiger partial charge in [0, 0.05) is 18.2 Å². The second-order valence-electron chi connectivity index (χ2n) is 6.45. The summed E-state index contributed by atoms with van der Waals surface area (Å²) in [6.45, 7) is 1.34. The summed E-state index contributed by atoms with van der Waals surface area (Å²) in [7, 11) is 5.58. The Morgan fingerprint density at radius 1 is 1.19 bits per heavy atom. The van der Waals surface area contributed by atoms with Crippen LogP contribution < -0.4 is 9.64 Å². The number of halogens is 1. The van der Waals surface area contributed by atoms with E-state index in [0.29, 0.717) is 17.2 Å². The number of anilines is 1. The van der Waals surface area contributed by atoms with Crippen molar-refractivity contribution in [2.45, 2.75) is 6.42 Å². The molecule has 7 heteroatoms. The third kappa shape index (κ3) is 4.61. The van der Waals surface area contributed by atoms with Gasteiger partial charge in [0.15, 0.2) is 5.13 Å². The maximum Gasteiger partial charge on any atom is 0.260 e. The number of nitrogens with zero attached hydrogens (tertiary/aromatic N) is 3. The molecule has 0 aliphatic carbocycles. The Balaban J connectivity index is 1.94. The average molecular weight is 387 g/mol. The fourth-order valence-corrected chi connectivity index (χ4v) is 3.71. The van der Waals surface area contributed by atoms with Crippen LogP contribution in [0, 0.1) is 5.82 Å². The predicted molar refractivity (Wildman–Crippen MR) is 107 cm³/mol. The highest BCUT2D eigenvalue weighted by molar-refractivity contribution is 7.22. The van der Waals surface area contributed by atoms with E-state index in [1.165, 1.54) is 23.5 Å². The van der Waals surface area contributed by atoms with Crippen LogP contribution in [0.3, 0.4) is 0 Å². The quantitative estimate of drug-likeness (QED) is 0.614. The molecule has 0 saturated heterocycles. The van der Waals surface area contributed by atoms with Crippen LogP contribution in [-0.4, -0.2) is 50.1 Å². The molecule has 1 aromatic heterocycles. The maximum absolute atomic E-state index is 13.6. The lowest BCUT2D eigenvalue weighted by atomic mass is 10.2. The number of rotatable bonds is 7. The molecular weight excluding hydrogens is 365 g/mol. The largest absolute Gasteiger partial charge is 0.497 e. The summed E-state index contributed by atoms with van der Waals surface area (Å²) in [6.07, 6.45) is 0.785. The van der Waals surface area contributed by atoms with Crippen molar-refractivity contribution in [1.29, 1.82) is 0 Å². The Labute approximate surface area is 162 Å². The molecule has 1 heterocycles. The zero-order chi connectivity index (χ0) is 19.4. The van der Waals surface area contributed by atoms with E-state index in [0.717, 1.165) is 28.9 Å². The Morgan fingerprint density at radius 2 is 2.00 bits per heavy atom. The van der Waals surface area contributed by atoms with Crippen molar-refractivity contribution in [2.24, 2.45) is 0 Å². The summed E-state index contributed by atoms with van der Waals surface area (Å²) < 4.78 is 19.8. The van der Waals surface area contributed by atoms with Gasteiger partial charge in [0.1, 0.15) is 11.6 Å². The van der Waals surface area contributed by atoms with Gasteiger partial charge in [-0.25, -0.2) is 9.37 Å². The lowest BCUT2D eigenvalue weighted by Crippen LogP contribution is -2.33. The van der Waals surface area contributed by atoms with Gasteiger partial charge in [-0.3, -0.25) is 9.69 Å². The number of hydrogen-bond donors (Lipinski definition) is 0. The normalized spacial score (nSPS) is 11.1. The van der Waals surface area contributed by atoms with Gasteiger partial charge < -0.3 is 9.64 Å². The molecule has 3 rings (SSSR count). The highest BCUT2D eigenvalue weighted by Crippen LogP contribution is 2.32. The van der Waals surface area contributed by atoms with Crippen molar-refractivity contribution in [1.82, 2.24) is 9.88 Å². The summed E-state index contributed by atoms with van der Waals surface area (Å²) in [4.78, 5) is 21.4. The van der Waals surface area contributed by atoms with Crippen LogP contribution in [0.25, 0.3) is 10.2 Å². The molecule has 0 fully saturated rings. The number of carbonyl (C=O) groups is 1. The molecule has 0 spiro atoms. The minimum atomic E-state index is -0.428. The number of thiazole rings is 1. The Hall–Kier alpha value is -2.51. The first kappa shape index (κ1) is 19.3. The molecule has 0 bridgehead atoms. The number of aromatic nitrogens is 1. The van der Waals surface area contributed by atoms with E-state index in [1.54, 1.807) is 24.1 Å². The number of ether oxygens (including phenoxy) is 1. The lowest BCUT2D eigenvalue weighted by molar-refractivity contribution is 0.0985. The molecule has 0 saturated carbocycles. The summed E-state index contributed by atoms with van der Waals surface area (Å²) >= 11 is 1.44. The fraction of sp³-hybridized carbons (Fsp3) is 0.300. The van der Waals surface area contributed by atoms with Crippen LogP contribution in [0.15, 0.2) is 42.5 Å². The van der Waals surface area contributed by atoms with Crippen molar-refractivity contribution in [2.75, 3.05) is 39.2 Å². The van der Waals surface area contributed by atoms with Crippen molar-refractivity contribution in [3.8, 4) is 5.75 Å².